The van der Waals surface area contributed by atoms with Crippen LogP contribution in [0.3, 0.4) is 0 Å². The zero-order chi connectivity index (χ0) is 19.9. The van der Waals surface area contributed by atoms with Crippen molar-refractivity contribution in [1.82, 2.24) is 4.72 Å². The molecule has 7 nitrogen and oxygen atoms in total. The van der Waals surface area contributed by atoms with E-state index in [1.165, 1.54) is 12.1 Å². The lowest BCUT2D eigenvalue weighted by atomic mass is 9.93. The van der Waals surface area contributed by atoms with E-state index < -0.39 is 28.1 Å². The van der Waals surface area contributed by atoms with Crippen LogP contribution in [0.15, 0.2) is 53.4 Å². The number of carboxylic acid groups (broad SMARTS) is 1. The van der Waals surface area contributed by atoms with Crippen molar-refractivity contribution >= 4 is 16.0 Å². The van der Waals surface area contributed by atoms with E-state index in [9.17, 15) is 18.3 Å². The first-order valence-corrected chi connectivity index (χ1v) is 10.6. The maximum Gasteiger partial charge on any atom is 0.303 e. The van der Waals surface area contributed by atoms with Crippen molar-refractivity contribution in [1.29, 1.82) is 0 Å². The second-order valence-electron chi connectivity index (χ2n) is 7.18. The summed E-state index contributed by atoms with van der Waals surface area (Å²) < 4.78 is 33.8. The topological polar surface area (TPSA) is 113 Å². The summed E-state index contributed by atoms with van der Waals surface area (Å²) in [5.74, 6) is -0.600. The monoisotopic (exact) mass is 403 g/mol. The van der Waals surface area contributed by atoms with E-state index in [0.29, 0.717) is 18.6 Å². The molecule has 0 spiro atoms. The number of hydrogen-bond donors (Lipinski definition) is 3. The first kappa shape index (κ1) is 18.9. The highest BCUT2D eigenvalue weighted by Gasteiger charge is 2.50. The number of aryl methyl sites for hydroxylation is 1. The van der Waals surface area contributed by atoms with Gasteiger partial charge < -0.3 is 14.9 Å². The van der Waals surface area contributed by atoms with E-state index in [4.69, 9.17) is 9.84 Å². The van der Waals surface area contributed by atoms with Gasteiger partial charge in [0.05, 0.1) is 23.0 Å². The molecule has 2 aromatic carbocycles. The molecule has 28 heavy (non-hydrogen) atoms. The van der Waals surface area contributed by atoms with Crippen LogP contribution in [0.5, 0.6) is 5.75 Å². The smallest absolute Gasteiger partial charge is 0.303 e. The average Bonchev–Trinajstić information content (AvgIpc) is 3.17. The Morgan fingerprint density at radius 3 is 2.61 bits per heavy atom. The Morgan fingerprint density at radius 1 is 1.14 bits per heavy atom. The molecule has 4 unspecified atom stereocenters. The number of aliphatic carboxylic acids is 1. The van der Waals surface area contributed by atoms with Gasteiger partial charge in [-0.2, -0.15) is 0 Å². The van der Waals surface area contributed by atoms with E-state index in [0.717, 1.165) is 11.1 Å². The summed E-state index contributed by atoms with van der Waals surface area (Å²) in [6.07, 6.45) is -0.598. The summed E-state index contributed by atoms with van der Waals surface area (Å²) in [6, 6.07) is 12.9. The lowest BCUT2D eigenvalue weighted by Gasteiger charge is -2.20. The molecule has 0 saturated heterocycles. The fourth-order valence-electron chi connectivity index (χ4n) is 4.10. The van der Waals surface area contributed by atoms with Crippen molar-refractivity contribution in [3.8, 4) is 5.75 Å². The van der Waals surface area contributed by atoms with Crippen molar-refractivity contribution in [3.05, 3.63) is 59.7 Å². The number of aliphatic hydroxyl groups excluding tert-OH is 1. The Kier molecular flexibility index (Phi) is 4.86. The standard InChI is InChI=1S/C20H21NO6S/c22-17(23)10-9-12-5-4-8-14-18-16(27-20(12)14)11-15(19(18)24)21-28(25,26)13-6-2-1-3-7-13/h1-8,15-16,18-19,21,24H,9-11H2,(H,22,23). The molecule has 2 aromatic rings. The largest absolute Gasteiger partial charge is 0.489 e. The summed E-state index contributed by atoms with van der Waals surface area (Å²) in [5, 5.41) is 19.7. The number of ether oxygens (including phenoxy) is 1. The number of carboxylic acids is 1. The van der Waals surface area contributed by atoms with Gasteiger partial charge in [0.1, 0.15) is 11.9 Å². The first-order chi connectivity index (χ1) is 13.4. The summed E-state index contributed by atoms with van der Waals surface area (Å²) in [6.45, 7) is 0. The minimum atomic E-state index is -3.74. The van der Waals surface area contributed by atoms with Crippen molar-refractivity contribution < 1.29 is 28.2 Å². The Labute approximate surface area is 163 Å². The third-order valence-electron chi connectivity index (χ3n) is 5.39. The highest BCUT2D eigenvalue weighted by atomic mass is 32.2. The highest BCUT2D eigenvalue weighted by Crippen LogP contribution is 2.48. The minimum absolute atomic E-state index is 0.00278. The minimum Gasteiger partial charge on any atom is -0.489 e. The molecule has 4 atom stereocenters. The van der Waals surface area contributed by atoms with Crippen LogP contribution in [0.2, 0.25) is 0 Å². The van der Waals surface area contributed by atoms with Gasteiger partial charge in [-0.15, -0.1) is 0 Å². The number of benzene rings is 2. The van der Waals surface area contributed by atoms with Crippen LogP contribution in [0.4, 0.5) is 0 Å². The first-order valence-electron chi connectivity index (χ1n) is 9.12. The molecule has 0 amide bonds. The van der Waals surface area contributed by atoms with Gasteiger partial charge in [0, 0.05) is 18.4 Å². The zero-order valence-corrected chi connectivity index (χ0v) is 15.8. The second-order valence-corrected chi connectivity index (χ2v) is 8.89. The van der Waals surface area contributed by atoms with Gasteiger partial charge in [-0.1, -0.05) is 36.4 Å². The Bertz CT molecular complexity index is 991. The molecule has 0 radical (unpaired) electrons. The van der Waals surface area contributed by atoms with Crippen LogP contribution < -0.4 is 9.46 Å². The quantitative estimate of drug-likeness (QED) is 0.676. The summed E-state index contributed by atoms with van der Waals surface area (Å²) in [7, 11) is -3.74. The molecular formula is C20H21NO6S. The molecule has 8 heteroatoms. The molecule has 1 aliphatic carbocycles. The second kappa shape index (κ2) is 7.20. The third-order valence-corrected chi connectivity index (χ3v) is 6.90. The number of sulfonamides is 1. The predicted molar refractivity (Wildman–Crippen MR) is 101 cm³/mol. The van der Waals surface area contributed by atoms with E-state index in [1.54, 1.807) is 18.2 Å². The number of nitrogens with one attached hydrogen (secondary N) is 1. The highest BCUT2D eigenvalue weighted by molar-refractivity contribution is 7.89. The fraction of sp³-hybridized carbons (Fsp3) is 0.350. The average molecular weight is 403 g/mol. The van der Waals surface area contributed by atoms with Crippen molar-refractivity contribution in [3.63, 3.8) is 0 Å². The fourth-order valence-corrected chi connectivity index (χ4v) is 5.38. The normalized spacial score (nSPS) is 25.8. The van der Waals surface area contributed by atoms with Gasteiger partial charge in [0.25, 0.3) is 0 Å². The molecule has 4 rings (SSSR count). The molecule has 0 aromatic heterocycles. The SMILES string of the molecule is O=C(O)CCc1cccc2c1OC1CC(NS(=O)(=O)c3ccccc3)C(O)C21. The molecule has 1 heterocycles. The van der Waals surface area contributed by atoms with Gasteiger partial charge >= 0.3 is 5.97 Å². The molecule has 1 aliphatic heterocycles. The van der Waals surface area contributed by atoms with E-state index >= 15 is 0 Å². The van der Waals surface area contributed by atoms with Crippen LogP contribution in [-0.2, 0) is 21.2 Å². The number of hydrogen-bond acceptors (Lipinski definition) is 5. The zero-order valence-electron chi connectivity index (χ0n) is 15.0. The maximum absolute atomic E-state index is 12.6. The molecule has 0 bridgehead atoms. The number of aliphatic hydroxyl groups is 1. The van der Waals surface area contributed by atoms with Crippen LogP contribution in [0, 0.1) is 0 Å². The lowest BCUT2D eigenvalue weighted by molar-refractivity contribution is -0.136. The van der Waals surface area contributed by atoms with E-state index in [1.807, 2.05) is 18.2 Å². The van der Waals surface area contributed by atoms with Crippen LogP contribution >= 0.6 is 0 Å². The maximum atomic E-state index is 12.6. The van der Waals surface area contributed by atoms with Crippen molar-refractivity contribution in [2.75, 3.05) is 0 Å². The molecule has 148 valence electrons. The molecule has 2 aliphatic rings. The van der Waals surface area contributed by atoms with Gasteiger partial charge in [-0.25, -0.2) is 13.1 Å². The summed E-state index contributed by atoms with van der Waals surface area (Å²) >= 11 is 0. The number of carbonyl (C=O) groups is 1. The molecule has 1 saturated carbocycles. The summed E-state index contributed by atoms with van der Waals surface area (Å²) in [4.78, 5) is 11.0. The van der Waals surface area contributed by atoms with Gasteiger partial charge in [-0.05, 0) is 24.1 Å². The number of fused-ring (bicyclic) bond motifs is 3. The van der Waals surface area contributed by atoms with Gasteiger partial charge in [0.2, 0.25) is 10.0 Å². The molecular weight excluding hydrogens is 382 g/mol. The Morgan fingerprint density at radius 2 is 1.89 bits per heavy atom. The van der Waals surface area contributed by atoms with Crippen molar-refractivity contribution in [2.45, 2.75) is 48.3 Å². The van der Waals surface area contributed by atoms with Crippen molar-refractivity contribution in [2.24, 2.45) is 0 Å². The molecule has 1 fully saturated rings. The van der Waals surface area contributed by atoms with Crippen LogP contribution in [-0.4, -0.2) is 42.8 Å². The number of para-hydroxylation sites is 1. The van der Waals surface area contributed by atoms with Crippen LogP contribution in [0.25, 0.3) is 0 Å². The Hall–Kier alpha value is -2.42. The Balaban J connectivity index is 1.54. The number of rotatable bonds is 6. The molecule has 3 N–H and O–H groups in total. The van der Waals surface area contributed by atoms with Gasteiger partial charge in [0.15, 0.2) is 0 Å². The summed E-state index contributed by atoms with van der Waals surface area (Å²) in [5.41, 5.74) is 1.60. The van der Waals surface area contributed by atoms with E-state index in [2.05, 4.69) is 4.72 Å². The van der Waals surface area contributed by atoms with E-state index in [-0.39, 0.29) is 23.3 Å². The lowest BCUT2D eigenvalue weighted by Crippen LogP contribution is -2.41. The third kappa shape index (κ3) is 3.39. The van der Waals surface area contributed by atoms with Gasteiger partial charge in [-0.3, -0.25) is 4.79 Å². The van der Waals surface area contributed by atoms with Crippen LogP contribution in [0.1, 0.15) is 29.9 Å². The predicted octanol–water partition coefficient (Wildman–Crippen LogP) is 1.66.